The molecule has 0 radical (unpaired) electrons. The zero-order valence-electron chi connectivity index (χ0n) is 17.9. The molecular weight excluding hydrogens is 426 g/mol. The number of ketones is 1. The fourth-order valence-corrected chi connectivity index (χ4v) is 3.57. The summed E-state index contributed by atoms with van der Waals surface area (Å²) >= 11 is 6.20. The minimum Gasteiger partial charge on any atom is -0.383 e. The number of anilines is 2. The largest absolute Gasteiger partial charge is 0.383 e. The highest BCUT2D eigenvalue weighted by atomic mass is 35.5. The molecule has 0 bridgehead atoms. The summed E-state index contributed by atoms with van der Waals surface area (Å²) in [6.45, 7) is 3.79. The Hall–Kier alpha value is -3.71. The van der Waals surface area contributed by atoms with E-state index in [9.17, 15) is 9.59 Å². The maximum atomic E-state index is 12.8. The third-order valence-corrected chi connectivity index (χ3v) is 5.22. The molecule has 0 saturated heterocycles. The van der Waals surface area contributed by atoms with Gasteiger partial charge in [-0.1, -0.05) is 55.8 Å². The molecule has 0 spiro atoms. The first-order valence-electron chi connectivity index (χ1n) is 10.2. The van der Waals surface area contributed by atoms with Crippen molar-refractivity contribution in [3.8, 4) is 5.69 Å². The number of nitrogens with two attached hydrogens (primary N) is 2. The number of aryl methyl sites for hydroxylation is 1. The number of hydrogen-bond acceptors (Lipinski definition) is 6. The van der Waals surface area contributed by atoms with Crippen LogP contribution in [0.25, 0.3) is 16.5 Å². The van der Waals surface area contributed by atoms with Crippen LogP contribution in [0.15, 0.2) is 65.6 Å². The Morgan fingerprint density at radius 1 is 1.06 bits per heavy atom. The molecule has 2 heterocycles. The van der Waals surface area contributed by atoms with Gasteiger partial charge in [0.15, 0.2) is 5.78 Å². The highest BCUT2D eigenvalue weighted by Crippen LogP contribution is 2.22. The molecule has 164 valence electrons. The van der Waals surface area contributed by atoms with Crippen molar-refractivity contribution in [2.45, 2.75) is 26.7 Å². The van der Waals surface area contributed by atoms with Crippen molar-refractivity contribution in [3.05, 3.63) is 87.4 Å². The summed E-state index contributed by atoms with van der Waals surface area (Å²) in [5.41, 5.74) is 12.8. The summed E-state index contributed by atoms with van der Waals surface area (Å²) in [6, 6.07) is 17.3. The van der Waals surface area contributed by atoms with E-state index in [1.54, 1.807) is 17.6 Å². The van der Waals surface area contributed by atoms with Crippen LogP contribution in [0, 0.1) is 0 Å². The monoisotopic (exact) mass is 449 g/mol. The lowest BCUT2D eigenvalue weighted by molar-refractivity contribution is 0.0988. The van der Waals surface area contributed by atoms with Gasteiger partial charge in [0.25, 0.3) is 5.56 Å². The second-order valence-corrected chi connectivity index (χ2v) is 7.38. The number of hydrogen-bond donors (Lipinski definition) is 2. The number of carbonyl (C=O) groups excluding carboxylic acids is 1. The standard InChI is InChI=1S/C17H14ClNO.C7H10N4O/c1-2-13-11-12-7-6-10-15(18)16(12)17(20)19(13)14-8-4-3-5-9-14;1-2-5(12)4-3-10-7(9)11-6(4)8/h3-11H,2H2,1H3;3H,2H2,1H3,(H4,8,9,10,11). The Morgan fingerprint density at radius 2 is 1.78 bits per heavy atom. The van der Waals surface area contributed by atoms with Gasteiger partial charge in [-0.15, -0.1) is 0 Å². The molecule has 32 heavy (non-hydrogen) atoms. The van der Waals surface area contributed by atoms with Crippen molar-refractivity contribution in [2.24, 2.45) is 0 Å². The number of rotatable bonds is 4. The molecule has 0 aliphatic carbocycles. The minimum absolute atomic E-state index is 0.0591. The number of carbonyl (C=O) groups is 1. The van der Waals surface area contributed by atoms with E-state index in [0.717, 1.165) is 23.2 Å². The highest BCUT2D eigenvalue weighted by Gasteiger charge is 2.12. The van der Waals surface area contributed by atoms with E-state index < -0.39 is 0 Å². The third kappa shape index (κ3) is 4.78. The molecule has 0 fully saturated rings. The van der Waals surface area contributed by atoms with Gasteiger partial charge >= 0.3 is 0 Å². The van der Waals surface area contributed by atoms with Crippen molar-refractivity contribution in [3.63, 3.8) is 0 Å². The van der Waals surface area contributed by atoms with Crippen LogP contribution in [0.5, 0.6) is 0 Å². The molecule has 2 aromatic heterocycles. The van der Waals surface area contributed by atoms with Crippen LogP contribution in [0.4, 0.5) is 11.8 Å². The van der Waals surface area contributed by atoms with Crippen molar-refractivity contribution in [1.82, 2.24) is 14.5 Å². The Morgan fingerprint density at radius 3 is 2.41 bits per heavy atom. The predicted octanol–water partition coefficient (Wildman–Crippen LogP) is 4.44. The SMILES string of the molecule is CCC(=O)c1cnc(N)nc1N.CCc1cc2cccc(Cl)c2c(=O)n1-c1ccccc1. The van der Waals surface area contributed by atoms with Crippen LogP contribution in [0.3, 0.4) is 0 Å². The molecule has 7 nitrogen and oxygen atoms in total. The van der Waals surface area contributed by atoms with Gasteiger partial charge in [-0.3, -0.25) is 14.2 Å². The van der Waals surface area contributed by atoms with Gasteiger partial charge in [0, 0.05) is 24.0 Å². The van der Waals surface area contributed by atoms with Crippen molar-refractivity contribution < 1.29 is 4.79 Å². The molecule has 0 aliphatic rings. The van der Waals surface area contributed by atoms with Gasteiger partial charge in [-0.25, -0.2) is 4.98 Å². The number of benzene rings is 2. The van der Waals surface area contributed by atoms with E-state index in [0.29, 0.717) is 22.4 Å². The minimum atomic E-state index is -0.0764. The van der Waals surface area contributed by atoms with Crippen molar-refractivity contribution in [2.75, 3.05) is 11.5 Å². The van der Waals surface area contributed by atoms with Crippen LogP contribution >= 0.6 is 11.6 Å². The Labute approximate surface area is 190 Å². The van der Waals surface area contributed by atoms with E-state index in [-0.39, 0.29) is 23.1 Å². The summed E-state index contributed by atoms with van der Waals surface area (Å²) in [4.78, 5) is 31.3. The van der Waals surface area contributed by atoms with E-state index >= 15 is 0 Å². The van der Waals surface area contributed by atoms with Gasteiger partial charge in [0.1, 0.15) is 5.82 Å². The topological polar surface area (TPSA) is 117 Å². The Kier molecular flexibility index (Phi) is 7.22. The number of Topliss-reactive ketones (excluding diaryl/α,β-unsaturated/α-hetero) is 1. The summed E-state index contributed by atoms with van der Waals surface area (Å²) in [5.74, 6) is 0.155. The number of nitrogen functional groups attached to an aromatic ring is 2. The highest BCUT2D eigenvalue weighted by molar-refractivity contribution is 6.35. The maximum absolute atomic E-state index is 12.8. The number of para-hydroxylation sites is 1. The molecule has 8 heteroatoms. The summed E-state index contributed by atoms with van der Waals surface area (Å²) in [5, 5.41) is 1.97. The quantitative estimate of drug-likeness (QED) is 0.445. The lowest BCUT2D eigenvalue weighted by Crippen LogP contribution is -2.22. The first-order chi connectivity index (χ1) is 15.4. The Balaban J connectivity index is 0.000000207. The van der Waals surface area contributed by atoms with Gasteiger partial charge in [-0.2, -0.15) is 4.98 Å². The lowest BCUT2D eigenvalue weighted by atomic mass is 10.1. The second kappa shape index (κ2) is 10.1. The zero-order chi connectivity index (χ0) is 23.3. The number of nitrogens with zero attached hydrogens (tertiary/aromatic N) is 3. The van der Waals surface area contributed by atoms with Gasteiger partial charge in [0.05, 0.1) is 16.0 Å². The Bertz CT molecular complexity index is 1320. The van der Waals surface area contributed by atoms with E-state index in [2.05, 4.69) is 9.97 Å². The van der Waals surface area contributed by atoms with Gasteiger partial charge < -0.3 is 11.5 Å². The molecule has 0 saturated carbocycles. The van der Waals surface area contributed by atoms with Crippen molar-refractivity contribution in [1.29, 1.82) is 0 Å². The molecule has 4 aromatic rings. The van der Waals surface area contributed by atoms with Crippen LogP contribution < -0.4 is 17.0 Å². The second-order valence-electron chi connectivity index (χ2n) is 6.97. The van der Waals surface area contributed by atoms with Gasteiger partial charge in [0.2, 0.25) is 5.95 Å². The average molecular weight is 450 g/mol. The number of pyridine rings is 1. The van der Waals surface area contributed by atoms with E-state index in [1.165, 1.54) is 6.20 Å². The molecular formula is C24H24ClN5O2. The summed E-state index contributed by atoms with van der Waals surface area (Å²) in [6.07, 6.45) is 2.52. The van der Waals surface area contributed by atoms with Crippen LogP contribution in [0.1, 0.15) is 36.3 Å². The molecule has 4 N–H and O–H groups in total. The molecule has 0 unspecified atom stereocenters. The first-order valence-corrected chi connectivity index (χ1v) is 10.5. The predicted molar refractivity (Wildman–Crippen MR) is 129 cm³/mol. The normalized spacial score (nSPS) is 10.5. The third-order valence-electron chi connectivity index (χ3n) is 4.91. The average Bonchev–Trinajstić information content (AvgIpc) is 2.79. The number of halogens is 1. The van der Waals surface area contributed by atoms with E-state index in [4.69, 9.17) is 23.1 Å². The molecule has 4 rings (SSSR count). The van der Waals surface area contributed by atoms with Crippen LogP contribution in [-0.4, -0.2) is 20.3 Å². The van der Waals surface area contributed by atoms with Crippen LogP contribution in [0.2, 0.25) is 5.02 Å². The molecule has 0 amide bonds. The fourth-order valence-electron chi connectivity index (χ4n) is 3.31. The zero-order valence-corrected chi connectivity index (χ0v) is 18.6. The van der Waals surface area contributed by atoms with E-state index in [1.807, 2.05) is 55.5 Å². The molecule has 0 aliphatic heterocycles. The molecule has 0 atom stereocenters. The smallest absolute Gasteiger partial charge is 0.264 e. The maximum Gasteiger partial charge on any atom is 0.264 e. The molecule has 2 aromatic carbocycles. The van der Waals surface area contributed by atoms with Crippen LogP contribution in [-0.2, 0) is 6.42 Å². The van der Waals surface area contributed by atoms with Gasteiger partial charge in [-0.05, 0) is 36.1 Å². The lowest BCUT2D eigenvalue weighted by Gasteiger charge is -2.14. The number of fused-ring (bicyclic) bond motifs is 1. The first kappa shape index (κ1) is 23.0. The summed E-state index contributed by atoms with van der Waals surface area (Å²) in [7, 11) is 0. The van der Waals surface area contributed by atoms with Crippen molar-refractivity contribution >= 4 is 39.9 Å². The fraction of sp³-hybridized carbons (Fsp3) is 0.167. The number of aromatic nitrogens is 3. The summed E-state index contributed by atoms with van der Waals surface area (Å²) < 4.78 is 1.74.